The molecule has 0 bridgehead atoms. The first-order valence-corrected chi connectivity index (χ1v) is 11.3. The fourth-order valence-corrected chi connectivity index (χ4v) is 4.44. The van der Waals surface area contributed by atoms with Crippen molar-refractivity contribution in [2.24, 2.45) is 5.92 Å². The van der Waals surface area contributed by atoms with Gasteiger partial charge in [-0.3, -0.25) is 9.88 Å². The normalized spacial score (nSPS) is 18.0. The molecule has 1 saturated carbocycles. The van der Waals surface area contributed by atoms with Crippen molar-refractivity contribution in [1.29, 1.82) is 0 Å². The van der Waals surface area contributed by atoms with Gasteiger partial charge < -0.3 is 10.1 Å². The predicted octanol–water partition coefficient (Wildman–Crippen LogP) is 5.01. The number of benzene rings is 2. The summed E-state index contributed by atoms with van der Waals surface area (Å²) >= 11 is 0. The van der Waals surface area contributed by atoms with E-state index in [4.69, 9.17) is 4.74 Å². The first kappa shape index (κ1) is 19.5. The van der Waals surface area contributed by atoms with Crippen LogP contribution in [0.25, 0.3) is 22.0 Å². The maximum absolute atomic E-state index is 6.29. The van der Waals surface area contributed by atoms with Crippen LogP contribution in [0, 0.1) is 12.8 Å². The van der Waals surface area contributed by atoms with Crippen LogP contribution in [0.1, 0.15) is 31.2 Å². The number of fused-ring (bicyclic) bond motifs is 1. The Kier molecular flexibility index (Phi) is 5.69. The number of nitrogens with one attached hydrogen (secondary N) is 1. The van der Waals surface area contributed by atoms with Gasteiger partial charge >= 0.3 is 0 Å². The van der Waals surface area contributed by atoms with Gasteiger partial charge in [-0.25, -0.2) is 0 Å². The Hall–Kier alpha value is -2.43. The topological polar surface area (TPSA) is 37.4 Å². The third-order valence-corrected chi connectivity index (χ3v) is 6.50. The zero-order valence-corrected chi connectivity index (χ0v) is 17.8. The van der Waals surface area contributed by atoms with Gasteiger partial charge in [0.2, 0.25) is 0 Å². The van der Waals surface area contributed by atoms with Crippen LogP contribution >= 0.6 is 0 Å². The number of likely N-dealkylation sites (tertiary alicyclic amines) is 1. The predicted molar refractivity (Wildman–Crippen MR) is 123 cm³/mol. The highest BCUT2D eigenvalue weighted by atomic mass is 16.5. The van der Waals surface area contributed by atoms with Gasteiger partial charge in [-0.1, -0.05) is 30.3 Å². The van der Waals surface area contributed by atoms with Crippen molar-refractivity contribution >= 4 is 10.9 Å². The van der Waals surface area contributed by atoms with Gasteiger partial charge in [0, 0.05) is 31.3 Å². The molecule has 0 amide bonds. The number of rotatable bonds is 7. The van der Waals surface area contributed by atoms with Crippen molar-refractivity contribution in [2.75, 3.05) is 26.3 Å². The van der Waals surface area contributed by atoms with Crippen LogP contribution in [-0.2, 0) is 0 Å². The number of hydrogen-bond acceptors (Lipinski definition) is 4. The van der Waals surface area contributed by atoms with Crippen LogP contribution in [0.3, 0.4) is 0 Å². The van der Waals surface area contributed by atoms with E-state index in [-0.39, 0.29) is 0 Å². The molecule has 1 saturated heterocycles. The second kappa shape index (κ2) is 8.75. The summed E-state index contributed by atoms with van der Waals surface area (Å²) in [5.41, 5.74) is 4.75. The van der Waals surface area contributed by atoms with Crippen LogP contribution in [0.4, 0.5) is 0 Å². The molecule has 2 aliphatic rings. The van der Waals surface area contributed by atoms with Gasteiger partial charge in [0.15, 0.2) is 0 Å². The van der Waals surface area contributed by atoms with Crippen molar-refractivity contribution in [3.05, 3.63) is 60.3 Å². The lowest BCUT2D eigenvalue weighted by Gasteiger charge is -2.32. The van der Waals surface area contributed by atoms with Crippen LogP contribution in [0.5, 0.6) is 5.75 Å². The van der Waals surface area contributed by atoms with Crippen LogP contribution in [0.2, 0.25) is 0 Å². The number of aromatic nitrogens is 1. The van der Waals surface area contributed by atoms with E-state index in [2.05, 4.69) is 64.6 Å². The van der Waals surface area contributed by atoms with Gasteiger partial charge in [-0.15, -0.1) is 0 Å². The molecule has 30 heavy (non-hydrogen) atoms. The number of nitrogens with zero attached hydrogens (tertiary/aromatic N) is 2. The monoisotopic (exact) mass is 401 g/mol. The Bertz CT molecular complexity index is 989. The van der Waals surface area contributed by atoms with E-state index < -0.39 is 0 Å². The maximum atomic E-state index is 6.29. The summed E-state index contributed by atoms with van der Waals surface area (Å²) in [4.78, 5) is 7.08. The minimum absolute atomic E-state index is 0.321. The van der Waals surface area contributed by atoms with Crippen molar-refractivity contribution in [3.63, 3.8) is 0 Å². The van der Waals surface area contributed by atoms with Crippen molar-refractivity contribution in [3.8, 4) is 16.9 Å². The van der Waals surface area contributed by atoms with E-state index in [1.165, 1.54) is 41.5 Å². The van der Waals surface area contributed by atoms with Crippen LogP contribution < -0.4 is 10.1 Å². The second-order valence-corrected chi connectivity index (χ2v) is 8.83. The summed E-state index contributed by atoms with van der Waals surface area (Å²) in [6.07, 6.45) is 7.22. The van der Waals surface area contributed by atoms with Crippen LogP contribution in [-0.4, -0.2) is 42.3 Å². The zero-order valence-electron chi connectivity index (χ0n) is 17.8. The molecule has 4 heteroatoms. The summed E-state index contributed by atoms with van der Waals surface area (Å²) in [7, 11) is 0. The number of hydrogen-bond donors (Lipinski definition) is 1. The highest BCUT2D eigenvalue weighted by Crippen LogP contribution is 2.30. The van der Waals surface area contributed by atoms with Crippen molar-refractivity contribution in [1.82, 2.24) is 15.2 Å². The maximum Gasteiger partial charge on any atom is 0.119 e. The lowest BCUT2D eigenvalue weighted by Crippen LogP contribution is -2.43. The molecule has 2 fully saturated rings. The van der Waals surface area contributed by atoms with E-state index >= 15 is 0 Å². The lowest BCUT2D eigenvalue weighted by molar-refractivity contribution is 0.0958. The molecule has 1 aliphatic carbocycles. The average Bonchev–Trinajstić information content (AvgIpc) is 3.61. The molecule has 0 radical (unpaired) electrons. The molecule has 5 rings (SSSR count). The Morgan fingerprint density at radius 1 is 1.00 bits per heavy atom. The molecule has 1 aromatic heterocycles. The number of ether oxygens (including phenoxy) is 1. The fourth-order valence-electron chi connectivity index (χ4n) is 4.44. The molecule has 1 N–H and O–H groups in total. The Morgan fingerprint density at radius 2 is 1.80 bits per heavy atom. The molecule has 0 atom stereocenters. The Morgan fingerprint density at radius 3 is 2.57 bits per heavy atom. The minimum atomic E-state index is 0.321. The molecule has 2 heterocycles. The highest BCUT2D eigenvalue weighted by molar-refractivity contribution is 5.88. The number of piperidine rings is 1. The molecule has 0 spiro atoms. The standard InChI is InChI=1S/C26H31N3O/c1-19-25(11-8-22-3-2-14-28-26(19)22)21-6-9-23(10-7-21)30-24-12-15-29(16-13-24)18-27-17-20-4-5-20/h2-3,6-11,14,20,24,27H,4-5,12-13,15-18H2,1H3. The quantitative estimate of drug-likeness (QED) is 0.604. The van der Waals surface area contributed by atoms with E-state index in [9.17, 15) is 0 Å². The largest absolute Gasteiger partial charge is 0.490 e. The number of aryl methyl sites for hydroxylation is 1. The van der Waals surface area contributed by atoms with Crippen molar-refractivity contribution < 1.29 is 4.74 Å². The third-order valence-electron chi connectivity index (χ3n) is 6.50. The molecule has 4 nitrogen and oxygen atoms in total. The SMILES string of the molecule is Cc1c(-c2ccc(OC3CCN(CNCC4CC4)CC3)cc2)ccc2cccnc12. The van der Waals surface area contributed by atoms with Gasteiger partial charge in [-0.05, 0) is 80.0 Å². The molecular weight excluding hydrogens is 370 g/mol. The van der Waals surface area contributed by atoms with Gasteiger partial charge in [-0.2, -0.15) is 0 Å². The molecule has 0 unspecified atom stereocenters. The van der Waals surface area contributed by atoms with Gasteiger partial charge in [0.1, 0.15) is 11.9 Å². The van der Waals surface area contributed by atoms with E-state index in [0.717, 1.165) is 49.8 Å². The van der Waals surface area contributed by atoms with E-state index in [0.29, 0.717) is 6.10 Å². The lowest BCUT2D eigenvalue weighted by atomic mass is 9.98. The Labute approximate surface area is 179 Å². The van der Waals surface area contributed by atoms with E-state index in [1.807, 2.05) is 12.3 Å². The van der Waals surface area contributed by atoms with E-state index in [1.54, 1.807) is 0 Å². The molecule has 1 aliphatic heterocycles. The first-order valence-electron chi connectivity index (χ1n) is 11.3. The van der Waals surface area contributed by atoms with Gasteiger partial charge in [0.25, 0.3) is 0 Å². The summed E-state index contributed by atoms with van der Waals surface area (Å²) < 4.78 is 6.29. The smallest absolute Gasteiger partial charge is 0.119 e. The summed E-state index contributed by atoms with van der Waals surface area (Å²) in [6, 6.07) is 17.0. The third kappa shape index (κ3) is 4.50. The minimum Gasteiger partial charge on any atom is -0.490 e. The second-order valence-electron chi connectivity index (χ2n) is 8.83. The molecule has 156 valence electrons. The number of pyridine rings is 1. The molecule has 2 aromatic carbocycles. The molecule has 3 aromatic rings. The first-order chi connectivity index (χ1) is 14.8. The summed E-state index contributed by atoms with van der Waals surface area (Å²) in [6.45, 7) is 6.60. The zero-order chi connectivity index (χ0) is 20.3. The van der Waals surface area contributed by atoms with Crippen LogP contribution in [0.15, 0.2) is 54.7 Å². The fraction of sp³-hybridized carbons (Fsp3) is 0.423. The molecular formula is C26H31N3O. The highest BCUT2D eigenvalue weighted by Gasteiger charge is 2.23. The van der Waals surface area contributed by atoms with Crippen molar-refractivity contribution in [2.45, 2.75) is 38.7 Å². The summed E-state index contributed by atoms with van der Waals surface area (Å²) in [5, 5.41) is 4.79. The summed E-state index contributed by atoms with van der Waals surface area (Å²) in [5.74, 6) is 1.92. The van der Waals surface area contributed by atoms with Gasteiger partial charge in [0.05, 0.1) is 5.52 Å². The average molecular weight is 402 g/mol. The Balaban J connectivity index is 1.17.